The van der Waals surface area contributed by atoms with Crippen LogP contribution in [0.1, 0.15) is 29.0 Å². The lowest BCUT2D eigenvalue weighted by atomic mass is 10.2. The van der Waals surface area contributed by atoms with Gasteiger partial charge in [-0.3, -0.25) is 4.79 Å². The first-order valence-electron chi connectivity index (χ1n) is 6.69. The first-order valence-corrected chi connectivity index (χ1v) is 6.69. The summed E-state index contributed by atoms with van der Waals surface area (Å²) >= 11 is 0. The molecule has 1 aliphatic heterocycles. The molecule has 2 aromatic rings. The Balaban J connectivity index is 0.00000147. The highest BCUT2D eigenvalue weighted by Gasteiger charge is 2.23. The van der Waals surface area contributed by atoms with Crippen molar-refractivity contribution >= 4 is 18.3 Å². The van der Waals surface area contributed by atoms with Crippen molar-refractivity contribution in [3.63, 3.8) is 0 Å². The van der Waals surface area contributed by atoms with Crippen molar-refractivity contribution in [2.75, 3.05) is 13.1 Å². The van der Waals surface area contributed by atoms with Gasteiger partial charge in [-0.1, -0.05) is 30.3 Å². The average Bonchev–Trinajstić information content (AvgIpc) is 3.10. The number of likely N-dealkylation sites (tertiary alicyclic amines) is 1. The molecule has 1 aliphatic rings. The normalized spacial score (nSPS) is 14.1. The lowest BCUT2D eigenvalue weighted by Gasteiger charge is -2.15. The number of amides is 1. The van der Waals surface area contributed by atoms with Gasteiger partial charge in [0, 0.05) is 32.0 Å². The molecular formula is C15H18ClN3O. The molecule has 2 heterocycles. The van der Waals surface area contributed by atoms with Crippen LogP contribution in [0.25, 0.3) is 0 Å². The third kappa shape index (κ3) is 3.02. The smallest absolute Gasteiger partial charge is 0.289 e. The Morgan fingerprint density at radius 2 is 1.85 bits per heavy atom. The molecule has 0 atom stereocenters. The minimum absolute atomic E-state index is 0. The van der Waals surface area contributed by atoms with Crippen molar-refractivity contribution < 1.29 is 4.79 Å². The predicted molar refractivity (Wildman–Crippen MR) is 80.2 cm³/mol. The molecule has 0 radical (unpaired) electrons. The van der Waals surface area contributed by atoms with Crippen LogP contribution >= 0.6 is 12.4 Å². The monoisotopic (exact) mass is 291 g/mol. The summed E-state index contributed by atoms with van der Waals surface area (Å²) in [4.78, 5) is 18.5. The fourth-order valence-electron chi connectivity index (χ4n) is 2.48. The van der Waals surface area contributed by atoms with Crippen molar-refractivity contribution in [2.24, 2.45) is 0 Å². The molecule has 106 valence electrons. The number of benzene rings is 1. The van der Waals surface area contributed by atoms with Gasteiger partial charge in [0.05, 0.1) is 0 Å². The maximum Gasteiger partial charge on any atom is 0.289 e. The van der Waals surface area contributed by atoms with Crippen LogP contribution < -0.4 is 0 Å². The number of imidazole rings is 1. The Kier molecular flexibility index (Phi) is 4.79. The first-order chi connectivity index (χ1) is 9.34. The van der Waals surface area contributed by atoms with E-state index >= 15 is 0 Å². The summed E-state index contributed by atoms with van der Waals surface area (Å²) in [5.41, 5.74) is 1.18. The quantitative estimate of drug-likeness (QED) is 0.872. The van der Waals surface area contributed by atoms with E-state index in [1.807, 2.05) is 33.9 Å². The molecule has 1 amide bonds. The number of carbonyl (C=O) groups is 1. The minimum atomic E-state index is 0. The highest BCUT2D eigenvalue weighted by Crippen LogP contribution is 2.13. The van der Waals surface area contributed by atoms with Gasteiger partial charge in [0.25, 0.3) is 5.91 Å². The summed E-state index contributed by atoms with van der Waals surface area (Å²) in [6, 6.07) is 10.1. The van der Waals surface area contributed by atoms with E-state index in [9.17, 15) is 4.79 Å². The van der Waals surface area contributed by atoms with Crippen LogP contribution in [-0.4, -0.2) is 33.4 Å². The van der Waals surface area contributed by atoms with Gasteiger partial charge in [-0.15, -0.1) is 12.4 Å². The topological polar surface area (TPSA) is 38.1 Å². The molecule has 3 rings (SSSR count). The summed E-state index contributed by atoms with van der Waals surface area (Å²) < 4.78 is 1.93. The van der Waals surface area contributed by atoms with E-state index in [4.69, 9.17) is 0 Å². The van der Waals surface area contributed by atoms with Crippen molar-refractivity contribution in [1.82, 2.24) is 14.5 Å². The van der Waals surface area contributed by atoms with Crippen molar-refractivity contribution in [1.29, 1.82) is 0 Å². The molecule has 20 heavy (non-hydrogen) atoms. The zero-order valence-electron chi connectivity index (χ0n) is 11.2. The number of aromatic nitrogens is 2. The fraction of sp³-hybridized carbons (Fsp3) is 0.333. The highest BCUT2D eigenvalue weighted by molar-refractivity contribution is 5.91. The second-order valence-corrected chi connectivity index (χ2v) is 4.86. The number of nitrogens with zero attached hydrogens (tertiary/aromatic N) is 3. The Hall–Kier alpha value is -1.81. The third-order valence-corrected chi connectivity index (χ3v) is 3.50. The largest absolute Gasteiger partial charge is 0.336 e. The molecule has 1 fully saturated rings. The van der Waals surface area contributed by atoms with Crippen molar-refractivity contribution in [3.05, 3.63) is 54.1 Å². The first kappa shape index (κ1) is 14.6. The maximum atomic E-state index is 12.4. The number of halogens is 1. The van der Waals surface area contributed by atoms with E-state index < -0.39 is 0 Å². The SMILES string of the molecule is Cl.O=C(c1nccn1Cc1ccccc1)N1CCCC1. The summed E-state index contributed by atoms with van der Waals surface area (Å²) in [7, 11) is 0. The summed E-state index contributed by atoms with van der Waals surface area (Å²) in [5.74, 6) is 0.601. The van der Waals surface area contributed by atoms with Gasteiger partial charge in [-0.05, 0) is 18.4 Å². The Morgan fingerprint density at radius 1 is 1.15 bits per heavy atom. The molecule has 4 nitrogen and oxygen atoms in total. The lowest BCUT2D eigenvalue weighted by Crippen LogP contribution is -2.30. The fourth-order valence-corrected chi connectivity index (χ4v) is 2.48. The summed E-state index contributed by atoms with van der Waals surface area (Å²) in [6.45, 7) is 2.41. The molecule has 5 heteroatoms. The highest BCUT2D eigenvalue weighted by atomic mass is 35.5. The third-order valence-electron chi connectivity index (χ3n) is 3.50. The van der Waals surface area contributed by atoms with Crippen LogP contribution in [-0.2, 0) is 6.54 Å². The van der Waals surface area contributed by atoms with Gasteiger partial charge < -0.3 is 9.47 Å². The number of carbonyl (C=O) groups excluding carboxylic acids is 1. The van der Waals surface area contributed by atoms with Gasteiger partial charge in [-0.2, -0.15) is 0 Å². The van der Waals surface area contributed by atoms with E-state index in [0.29, 0.717) is 12.4 Å². The average molecular weight is 292 g/mol. The zero-order chi connectivity index (χ0) is 13.1. The van der Waals surface area contributed by atoms with Crippen LogP contribution in [0.15, 0.2) is 42.7 Å². The zero-order valence-corrected chi connectivity index (χ0v) is 12.1. The molecule has 0 bridgehead atoms. The van der Waals surface area contributed by atoms with Gasteiger partial charge in [-0.25, -0.2) is 4.98 Å². The predicted octanol–water partition coefficient (Wildman–Crippen LogP) is 2.59. The van der Waals surface area contributed by atoms with E-state index in [-0.39, 0.29) is 18.3 Å². The van der Waals surface area contributed by atoms with E-state index in [1.165, 1.54) is 5.56 Å². The molecule has 0 saturated carbocycles. The van der Waals surface area contributed by atoms with E-state index in [1.54, 1.807) is 6.20 Å². The number of rotatable bonds is 3. The lowest BCUT2D eigenvalue weighted by molar-refractivity contribution is 0.0776. The second-order valence-electron chi connectivity index (χ2n) is 4.86. The van der Waals surface area contributed by atoms with Gasteiger partial charge in [0.1, 0.15) is 0 Å². The number of hydrogen-bond acceptors (Lipinski definition) is 2. The van der Waals surface area contributed by atoms with Crippen molar-refractivity contribution in [3.8, 4) is 0 Å². The van der Waals surface area contributed by atoms with Crippen LogP contribution in [0.2, 0.25) is 0 Å². The summed E-state index contributed by atoms with van der Waals surface area (Å²) in [5, 5.41) is 0. The molecule has 1 saturated heterocycles. The Bertz CT molecular complexity index is 562. The van der Waals surface area contributed by atoms with Crippen molar-refractivity contribution in [2.45, 2.75) is 19.4 Å². The van der Waals surface area contributed by atoms with E-state index in [0.717, 1.165) is 25.9 Å². The molecular weight excluding hydrogens is 274 g/mol. The van der Waals surface area contributed by atoms with Gasteiger partial charge >= 0.3 is 0 Å². The molecule has 1 aromatic heterocycles. The second kappa shape index (κ2) is 6.57. The Morgan fingerprint density at radius 3 is 2.55 bits per heavy atom. The molecule has 0 spiro atoms. The van der Waals surface area contributed by atoms with Crippen LogP contribution in [0.4, 0.5) is 0 Å². The molecule has 0 unspecified atom stereocenters. The van der Waals surface area contributed by atoms with E-state index in [2.05, 4.69) is 17.1 Å². The maximum absolute atomic E-state index is 12.4. The number of hydrogen-bond donors (Lipinski definition) is 0. The minimum Gasteiger partial charge on any atom is -0.336 e. The molecule has 0 aliphatic carbocycles. The van der Waals surface area contributed by atoms with Gasteiger partial charge in [0.15, 0.2) is 5.82 Å². The molecule has 0 N–H and O–H groups in total. The Labute approximate surface area is 124 Å². The van der Waals surface area contributed by atoms with Crippen LogP contribution in [0.3, 0.4) is 0 Å². The van der Waals surface area contributed by atoms with Crippen LogP contribution in [0, 0.1) is 0 Å². The standard InChI is InChI=1S/C15H17N3O.ClH/c19-15(17-9-4-5-10-17)14-16-8-11-18(14)12-13-6-2-1-3-7-13;/h1-3,6-8,11H,4-5,9-10,12H2;1H. The summed E-state index contributed by atoms with van der Waals surface area (Å²) in [6.07, 6.45) is 5.78. The molecule has 1 aromatic carbocycles. The van der Waals surface area contributed by atoms with Crippen LogP contribution in [0.5, 0.6) is 0 Å². The van der Waals surface area contributed by atoms with Gasteiger partial charge in [0.2, 0.25) is 0 Å².